The third kappa shape index (κ3) is 3.87. The molecule has 0 fully saturated rings. The third-order valence-corrected chi connectivity index (χ3v) is 5.42. The Morgan fingerprint density at radius 3 is 2.52 bits per heavy atom. The van der Waals surface area contributed by atoms with Crippen molar-refractivity contribution in [1.82, 2.24) is 14.5 Å². The molecular formula is C20H23N3OS. The number of benzene rings is 2. The summed E-state index contributed by atoms with van der Waals surface area (Å²) in [4.78, 5) is 19.4. The molecular weight excluding hydrogens is 330 g/mol. The average molecular weight is 353 g/mol. The smallest absolute Gasteiger partial charge is 0.236 e. The predicted octanol–water partition coefficient (Wildman–Crippen LogP) is 4.10. The number of imidazole rings is 1. The van der Waals surface area contributed by atoms with E-state index < -0.39 is 0 Å². The molecule has 4 nitrogen and oxygen atoms in total. The molecule has 0 saturated heterocycles. The molecule has 0 spiro atoms. The minimum atomic E-state index is -0.181. The number of aryl methyl sites for hydroxylation is 1. The van der Waals surface area contributed by atoms with Crippen molar-refractivity contribution in [2.24, 2.45) is 7.05 Å². The lowest BCUT2D eigenvalue weighted by Gasteiger charge is -2.24. The van der Waals surface area contributed by atoms with Crippen LogP contribution in [0.25, 0.3) is 11.0 Å². The Hall–Kier alpha value is -2.27. The maximum Gasteiger partial charge on any atom is 0.236 e. The molecule has 0 bridgehead atoms. The van der Waals surface area contributed by atoms with Crippen molar-refractivity contribution >= 4 is 28.7 Å². The number of nitrogens with zero attached hydrogens (tertiary/aromatic N) is 3. The number of carbonyl (C=O) groups excluding carboxylic acids is 1. The second kappa shape index (κ2) is 7.74. The summed E-state index contributed by atoms with van der Waals surface area (Å²) in [6.45, 7) is 5.32. The van der Waals surface area contributed by atoms with Crippen molar-refractivity contribution in [2.45, 2.75) is 30.8 Å². The number of carbonyl (C=O) groups is 1. The Labute approximate surface area is 152 Å². The normalized spacial score (nSPS) is 12.3. The average Bonchev–Trinajstić information content (AvgIpc) is 2.96. The highest BCUT2D eigenvalue weighted by atomic mass is 32.2. The van der Waals surface area contributed by atoms with E-state index in [0.29, 0.717) is 13.1 Å². The van der Waals surface area contributed by atoms with Gasteiger partial charge >= 0.3 is 0 Å². The molecule has 1 amide bonds. The van der Waals surface area contributed by atoms with E-state index in [-0.39, 0.29) is 11.2 Å². The van der Waals surface area contributed by atoms with E-state index in [2.05, 4.69) is 21.7 Å². The maximum absolute atomic E-state index is 12.9. The van der Waals surface area contributed by atoms with Gasteiger partial charge in [0.1, 0.15) is 0 Å². The molecule has 1 unspecified atom stereocenters. The number of aromatic nitrogens is 2. The first-order valence-electron chi connectivity index (χ1n) is 8.51. The van der Waals surface area contributed by atoms with Crippen LogP contribution in [0.2, 0.25) is 0 Å². The van der Waals surface area contributed by atoms with Gasteiger partial charge in [-0.25, -0.2) is 4.98 Å². The minimum Gasteiger partial charge on any atom is -0.338 e. The van der Waals surface area contributed by atoms with Crippen molar-refractivity contribution in [3.8, 4) is 0 Å². The van der Waals surface area contributed by atoms with Gasteiger partial charge in [-0.3, -0.25) is 4.79 Å². The van der Waals surface area contributed by atoms with Crippen molar-refractivity contribution in [2.75, 3.05) is 6.54 Å². The van der Waals surface area contributed by atoms with Gasteiger partial charge in [0.2, 0.25) is 5.91 Å². The van der Waals surface area contributed by atoms with Crippen LogP contribution in [0.3, 0.4) is 0 Å². The second-order valence-electron chi connectivity index (χ2n) is 6.04. The largest absolute Gasteiger partial charge is 0.338 e. The molecule has 0 aliphatic carbocycles. The Balaban J connectivity index is 1.73. The Kier molecular flexibility index (Phi) is 5.43. The fourth-order valence-electron chi connectivity index (χ4n) is 2.84. The summed E-state index contributed by atoms with van der Waals surface area (Å²) in [5.74, 6) is 0.142. The molecule has 1 atom stereocenters. The van der Waals surface area contributed by atoms with E-state index in [1.807, 2.05) is 68.3 Å². The summed E-state index contributed by atoms with van der Waals surface area (Å²) in [6.07, 6.45) is 0. The van der Waals surface area contributed by atoms with Gasteiger partial charge in [0.15, 0.2) is 5.16 Å². The quantitative estimate of drug-likeness (QED) is 0.626. The number of fused-ring (bicyclic) bond motifs is 1. The molecule has 0 saturated carbocycles. The topological polar surface area (TPSA) is 38.1 Å². The lowest BCUT2D eigenvalue weighted by atomic mass is 10.2. The number of amides is 1. The number of hydrogen-bond acceptors (Lipinski definition) is 3. The summed E-state index contributed by atoms with van der Waals surface area (Å²) < 4.78 is 2.05. The van der Waals surface area contributed by atoms with Crippen LogP contribution in [0, 0.1) is 0 Å². The zero-order chi connectivity index (χ0) is 17.8. The van der Waals surface area contributed by atoms with Crippen LogP contribution in [0.5, 0.6) is 0 Å². The summed E-state index contributed by atoms with van der Waals surface area (Å²) in [5.41, 5.74) is 3.20. The van der Waals surface area contributed by atoms with Crippen molar-refractivity contribution in [3.63, 3.8) is 0 Å². The number of para-hydroxylation sites is 2. The van der Waals surface area contributed by atoms with E-state index >= 15 is 0 Å². The predicted molar refractivity (Wildman–Crippen MR) is 104 cm³/mol. The van der Waals surface area contributed by atoms with E-state index in [1.54, 1.807) is 0 Å². The summed E-state index contributed by atoms with van der Waals surface area (Å²) >= 11 is 1.52. The Bertz CT molecular complexity index is 860. The third-order valence-electron chi connectivity index (χ3n) is 4.29. The Morgan fingerprint density at radius 2 is 1.84 bits per heavy atom. The number of thioether (sulfide) groups is 1. The monoisotopic (exact) mass is 353 g/mol. The molecule has 0 radical (unpaired) electrons. The molecule has 3 rings (SSSR count). The molecule has 1 aromatic heterocycles. The van der Waals surface area contributed by atoms with E-state index in [9.17, 15) is 4.79 Å². The summed E-state index contributed by atoms with van der Waals surface area (Å²) in [5, 5.41) is 0.692. The molecule has 0 N–H and O–H groups in total. The Morgan fingerprint density at radius 1 is 1.16 bits per heavy atom. The second-order valence-corrected chi connectivity index (χ2v) is 7.35. The lowest BCUT2D eigenvalue weighted by molar-refractivity contribution is -0.130. The number of hydrogen-bond donors (Lipinski definition) is 0. The van der Waals surface area contributed by atoms with Crippen LogP contribution in [0.4, 0.5) is 0 Å². The van der Waals surface area contributed by atoms with Crippen LogP contribution in [0.15, 0.2) is 59.8 Å². The van der Waals surface area contributed by atoms with Crippen LogP contribution in [0.1, 0.15) is 19.4 Å². The van der Waals surface area contributed by atoms with E-state index in [0.717, 1.165) is 21.8 Å². The highest BCUT2D eigenvalue weighted by Crippen LogP contribution is 2.27. The molecule has 0 aliphatic rings. The molecule has 25 heavy (non-hydrogen) atoms. The van der Waals surface area contributed by atoms with Crippen molar-refractivity contribution in [3.05, 3.63) is 60.2 Å². The number of rotatable bonds is 6. The fourth-order valence-corrected chi connectivity index (χ4v) is 3.82. The zero-order valence-corrected chi connectivity index (χ0v) is 15.7. The van der Waals surface area contributed by atoms with Crippen LogP contribution < -0.4 is 0 Å². The van der Waals surface area contributed by atoms with Gasteiger partial charge in [-0.2, -0.15) is 0 Å². The highest BCUT2D eigenvalue weighted by molar-refractivity contribution is 8.00. The van der Waals surface area contributed by atoms with Gasteiger partial charge in [0, 0.05) is 20.1 Å². The van der Waals surface area contributed by atoms with Gasteiger partial charge in [-0.05, 0) is 31.5 Å². The molecule has 130 valence electrons. The first-order valence-corrected chi connectivity index (χ1v) is 9.39. The van der Waals surface area contributed by atoms with Gasteiger partial charge < -0.3 is 9.47 Å². The fraction of sp³-hybridized carbons (Fsp3) is 0.300. The zero-order valence-electron chi connectivity index (χ0n) is 14.8. The van der Waals surface area contributed by atoms with E-state index in [4.69, 9.17) is 0 Å². The highest BCUT2D eigenvalue weighted by Gasteiger charge is 2.22. The molecule has 1 heterocycles. The maximum atomic E-state index is 12.9. The standard InChI is InChI=1S/C20H23N3OS/c1-4-23(14-16-10-6-5-7-11-16)19(24)15(2)25-20-21-17-12-8-9-13-18(17)22(20)3/h5-13,15H,4,14H2,1-3H3. The lowest BCUT2D eigenvalue weighted by Crippen LogP contribution is -2.36. The first kappa shape index (κ1) is 17.5. The SMILES string of the molecule is CCN(Cc1ccccc1)C(=O)C(C)Sc1nc2ccccc2n1C. The minimum absolute atomic E-state index is 0.142. The van der Waals surface area contributed by atoms with Crippen molar-refractivity contribution < 1.29 is 4.79 Å². The van der Waals surface area contributed by atoms with E-state index in [1.165, 1.54) is 11.8 Å². The van der Waals surface area contributed by atoms with Gasteiger partial charge in [-0.1, -0.05) is 54.2 Å². The van der Waals surface area contributed by atoms with Crippen LogP contribution >= 0.6 is 11.8 Å². The summed E-state index contributed by atoms with van der Waals surface area (Å²) in [6, 6.07) is 18.1. The molecule has 3 aromatic rings. The van der Waals surface area contributed by atoms with Gasteiger partial charge in [0.05, 0.1) is 16.3 Å². The molecule has 5 heteroatoms. The summed E-state index contributed by atoms with van der Waals surface area (Å²) in [7, 11) is 2.00. The van der Waals surface area contributed by atoms with Crippen LogP contribution in [-0.4, -0.2) is 32.2 Å². The van der Waals surface area contributed by atoms with Crippen molar-refractivity contribution in [1.29, 1.82) is 0 Å². The van der Waals surface area contributed by atoms with Gasteiger partial charge in [0.25, 0.3) is 0 Å². The molecule has 2 aromatic carbocycles. The van der Waals surface area contributed by atoms with Crippen LogP contribution in [-0.2, 0) is 18.4 Å². The van der Waals surface area contributed by atoms with Gasteiger partial charge in [-0.15, -0.1) is 0 Å². The first-order chi connectivity index (χ1) is 12.1. The molecule has 0 aliphatic heterocycles.